The van der Waals surface area contributed by atoms with Crippen molar-refractivity contribution in [1.29, 1.82) is 5.26 Å². The van der Waals surface area contributed by atoms with Crippen LogP contribution in [0.15, 0.2) is 18.2 Å². The van der Waals surface area contributed by atoms with Gasteiger partial charge in [-0.05, 0) is 18.6 Å². The third-order valence-corrected chi connectivity index (χ3v) is 2.66. The molecule has 13 heavy (non-hydrogen) atoms. The Balaban J connectivity index is 2.37. The molecular formula is C10H7ClFN. The molecule has 2 unspecified atom stereocenters. The van der Waals surface area contributed by atoms with E-state index < -0.39 is 0 Å². The summed E-state index contributed by atoms with van der Waals surface area (Å²) in [5.41, 5.74) is 0.510. The molecule has 1 nitrogen and oxygen atoms in total. The summed E-state index contributed by atoms with van der Waals surface area (Å²) in [6.07, 6.45) is 0.733. The van der Waals surface area contributed by atoms with Crippen molar-refractivity contribution in [3.63, 3.8) is 0 Å². The van der Waals surface area contributed by atoms with Crippen molar-refractivity contribution >= 4 is 11.6 Å². The maximum atomic E-state index is 13.3. The van der Waals surface area contributed by atoms with E-state index in [2.05, 4.69) is 6.07 Å². The molecule has 1 aliphatic carbocycles. The number of hydrogen-bond acceptors (Lipinski definition) is 1. The van der Waals surface area contributed by atoms with E-state index in [0.29, 0.717) is 10.6 Å². The van der Waals surface area contributed by atoms with Crippen LogP contribution in [0.3, 0.4) is 0 Å². The Hall–Kier alpha value is -1.07. The molecular weight excluding hydrogens is 189 g/mol. The minimum absolute atomic E-state index is 0.0127. The zero-order valence-corrected chi connectivity index (χ0v) is 7.55. The summed E-state index contributed by atoms with van der Waals surface area (Å²) in [7, 11) is 0. The van der Waals surface area contributed by atoms with Crippen LogP contribution in [-0.2, 0) is 0 Å². The summed E-state index contributed by atoms with van der Waals surface area (Å²) in [5.74, 6) is -0.330. The largest absolute Gasteiger partial charge is 0.207 e. The van der Waals surface area contributed by atoms with Crippen LogP contribution in [0.5, 0.6) is 0 Å². The molecule has 3 heteroatoms. The highest BCUT2D eigenvalue weighted by molar-refractivity contribution is 6.31. The summed E-state index contributed by atoms with van der Waals surface area (Å²) in [4.78, 5) is 0. The maximum absolute atomic E-state index is 13.3. The maximum Gasteiger partial charge on any atom is 0.128 e. The molecule has 1 aliphatic rings. The van der Waals surface area contributed by atoms with Crippen LogP contribution in [0, 0.1) is 23.1 Å². The van der Waals surface area contributed by atoms with Crippen molar-refractivity contribution in [1.82, 2.24) is 0 Å². The molecule has 0 saturated heterocycles. The number of rotatable bonds is 1. The van der Waals surface area contributed by atoms with E-state index in [4.69, 9.17) is 16.9 Å². The van der Waals surface area contributed by atoms with E-state index in [1.807, 2.05) is 0 Å². The van der Waals surface area contributed by atoms with Crippen LogP contribution >= 0.6 is 11.6 Å². The zero-order chi connectivity index (χ0) is 9.42. The van der Waals surface area contributed by atoms with Crippen LogP contribution in [-0.4, -0.2) is 0 Å². The summed E-state index contributed by atoms with van der Waals surface area (Å²) >= 11 is 5.84. The minimum atomic E-state index is -0.296. The van der Waals surface area contributed by atoms with E-state index >= 15 is 0 Å². The molecule has 0 N–H and O–H groups in total. The quantitative estimate of drug-likeness (QED) is 0.676. The highest BCUT2D eigenvalue weighted by atomic mass is 35.5. The highest BCUT2D eigenvalue weighted by Gasteiger charge is 2.41. The van der Waals surface area contributed by atoms with E-state index in [0.717, 1.165) is 6.42 Å². The molecule has 1 fully saturated rings. The lowest BCUT2D eigenvalue weighted by Crippen LogP contribution is -1.89. The van der Waals surface area contributed by atoms with Gasteiger partial charge in [-0.3, -0.25) is 0 Å². The monoisotopic (exact) mass is 195 g/mol. The van der Waals surface area contributed by atoms with Crippen LogP contribution in [0.25, 0.3) is 0 Å². The van der Waals surface area contributed by atoms with Crippen molar-refractivity contribution in [3.05, 3.63) is 34.6 Å². The van der Waals surface area contributed by atoms with E-state index in [9.17, 15) is 4.39 Å². The molecule has 1 aromatic rings. The lowest BCUT2D eigenvalue weighted by molar-refractivity contribution is 0.609. The van der Waals surface area contributed by atoms with Crippen molar-refractivity contribution in [2.45, 2.75) is 12.3 Å². The molecule has 1 saturated carbocycles. The second kappa shape index (κ2) is 3.01. The van der Waals surface area contributed by atoms with Gasteiger partial charge in [0.15, 0.2) is 0 Å². The molecule has 0 aromatic heterocycles. The average molecular weight is 196 g/mol. The molecule has 0 aliphatic heterocycles. The first kappa shape index (κ1) is 8.52. The molecule has 2 atom stereocenters. The SMILES string of the molecule is N#CC1CC1c1c(F)cccc1Cl. The molecule has 0 heterocycles. The number of halogens is 2. The standard InChI is InChI=1S/C10H7ClFN/c11-8-2-1-3-9(12)10(8)7-4-6(7)5-13/h1-3,6-7H,4H2. The zero-order valence-electron chi connectivity index (χ0n) is 6.80. The number of nitriles is 1. The second-order valence-electron chi connectivity index (χ2n) is 3.21. The van der Waals surface area contributed by atoms with Gasteiger partial charge in [0, 0.05) is 16.5 Å². The number of benzene rings is 1. The third kappa shape index (κ3) is 1.40. The summed E-state index contributed by atoms with van der Waals surface area (Å²) in [5, 5.41) is 9.04. The topological polar surface area (TPSA) is 23.8 Å². The summed E-state index contributed by atoms with van der Waals surface area (Å²) < 4.78 is 13.3. The van der Waals surface area contributed by atoms with E-state index in [1.54, 1.807) is 12.1 Å². The van der Waals surface area contributed by atoms with Gasteiger partial charge in [-0.25, -0.2) is 4.39 Å². The number of nitrogens with zero attached hydrogens (tertiary/aromatic N) is 1. The fourth-order valence-corrected chi connectivity index (χ4v) is 1.82. The highest BCUT2D eigenvalue weighted by Crippen LogP contribution is 2.49. The molecule has 2 rings (SSSR count). The van der Waals surface area contributed by atoms with Gasteiger partial charge in [0.05, 0.1) is 12.0 Å². The third-order valence-electron chi connectivity index (χ3n) is 2.33. The summed E-state index contributed by atoms with van der Waals surface area (Å²) in [6.45, 7) is 0. The van der Waals surface area contributed by atoms with Gasteiger partial charge in [-0.2, -0.15) is 5.26 Å². The minimum Gasteiger partial charge on any atom is -0.207 e. The molecule has 0 amide bonds. The van der Waals surface area contributed by atoms with Gasteiger partial charge in [0.1, 0.15) is 5.82 Å². The van der Waals surface area contributed by atoms with Gasteiger partial charge in [-0.15, -0.1) is 0 Å². The van der Waals surface area contributed by atoms with Crippen molar-refractivity contribution in [2.24, 2.45) is 5.92 Å². The van der Waals surface area contributed by atoms with E-state index in [1.165, 1.54) is 6.07 Å². The van der Waals surface area contributed by atoms with Gasteiger partial charge in [0.25, 0.3) is 0 Å². The molecule has 0 spiro atoms. The van der Waals surface area contributed by atoms with Gasteiger partial charge >= 0.3 is 0 Å². The van der Waals surface area contributed by atoms with Crippen molar-refractivity contribution in [3.8, 4) is 6.07 Å². The van der Waals surface area contributed by atoms with Crippen molar-refractivity contribution < 1.29 is 4.39 Å². The first-order chi connectivity index (χ1) is 6.24. The Bertz CT molecular complexity index is 363. The first-order valence-corrected chi connectivity index (χ1v) is 4.45. The Morgan fingerprint density at radius 2 is 2.31 bits per heavy atom. The Labute approximate surface area is 80.7 Å². The van der Waals surface area contributed by atoms with E-state index in [-0.39, 0.29) is 17.7 Å². The molecule has 66 valence electrons. The predicted octanol–water partition coefficient (Wildman–Crippen LogP) is 3.11. The first-order valence-electron chi connectivity index (χ1n) is 4.07. The fourth-order valence-electron chi connectivity index (χ4n) is 1.52. The number of hydrogen-bond donors (Lipinski definition) is 0. The summed E-state index contributed by atoms with van der Waals surface area (Å²) in [6, 6.07) is 6.73. The van der Waals surface area contributed by atoms with Gasteiger partial charge in [0.2, 0.25) is 0 Å². The second-order valence-corrected chi connectivity index (χ2v) is 3.62. The molecule has 1 aromatic carbocycles. The van der Waals surface area contributed by atoms with Gasteiger partial charge < -0.3 is 0 Å². The average Bonchev–Trinajstić information content (AvgIpc) is 2.83. The lowest BCUT2D eigenvalue weighted by atomic mass is 10.1. The molecule has 0 bridgehead atoms. The predicted molar refractivity (Wildman–Crippen MR) is 47.9 cm³/mol. The normalized spacial score (nSPS) is 25.3. The van der Waals surface area contributed by atoms with Crippen LogP contribution in [0.1, 0.15) is 17.9 Å². The Morgan fingerprint density at radius 3 is 2.85 bits per heavy atom. The Kier molecular flexibility index (Phi) is 1.97. The fraction of sp³-hybridized carbons (Fsp3) is 0.300. The van der Waals surface area contributed by atoms with Gasteiger partial charge in [-0.1, -0.05) is 17.7 Å². The van der Waals surface area contributed by atoms with Crippen LogP contribution in [0.2, 0.25) is 5.02 Å². The van der Waals surface area contributed by atoms with Crippen LogP contribution in [0.4, 0.5) is 4.39 Å². The van der Waals surface area contributed by atoms with Crippen molar-refractivity contribution in [2.75, 3.05) is 0 Å². The lowest BCUT2D eigenvalue weighted by Gasteiger charge is -2.02. The smallest absolute Gasteiger partial charge is 0.128 e. The Morgan fingerprint density at radius 1 is 1.54 bits per heavy atom. The molecule has 0 radical (unpaired) electrons. The van der Waals surface area contributed by atoms with Crippen LogP contribution < -0.4 is 0 Å².